The fourth-order valence-electron chi connectivity index (χ4n) is 1.43. The Morgan fingerprint density at radius 1 is 1.33 bits per heavy atom. The van der Waals surface area contributed by atoms with Gasteiger partial charge in [-0.2, -0.15) is 0 Å². The molecular weight excluding hydrogens is 268 g/mol. The van der Waals surface area contributed by atoms with Crippen LogP contribution >= 0.6 is 23.4 Å². The summed E-state index contributed by atoms with van der Waals surface area (Å²) in [6.45, 7) is 0. The van der Waals surface area contributed by atoms with Crippen molar-refractivity contribution in [3.05, 3.63) is 47.1 Å². The molecule has 94 valence electrons. The van der Waals surface area contributed by atoms with Gasteiger partial charge in [0.05, 0.1) is 17.8 Å². The van der Waals surface area contributed by atoms with Crippen LogP contribution in [0.15, 0.2) is 41.3 Å². The highest BCUT2D eigenvalue weighted by Gasteiger charge is 2.04. The summed E-state index contributed by atoms with van der Waals surface area (Å²) in [5, 5.41) is 0.706. The quantitative estimate of drug-likeness (QED) is 0.686. The van der Waals surface area contributed by atoms with E-state index in [1.54, 1.807) is 31.0 Å². The Hall–Kier alpha value is -1.39. The van der Waals surface area contributed by atoms with Crippen LogP contribution < -0.4 is 10.5 Å². The lowest BCUT2D eigenvalue weighted by Gasteiger charge is -2.06. The maximum Gasteiger partial charge on any atom is 0.213 e. The number of ether oxygens (including phenoxy) is 1. The summed E-state index contributed by atoms with van der Waals surface area (Å²) in [5.74, 6) is 1.34. The van der Waals surface area contributed by atoms with E-state index in [1.165, 1.54) is 0 Å². The van der Waals surface area contributed by atoms with Crippen molar-refractivity contribution in [2.45, 2.75) is 10.6 Å². The second kappa shape index (κ2) is 5.98. The molecule has 0 saturated carbocycles. The van der Waals surface area contributed by atoms with Gasteiger partial charge in [0.25, 0.3) is 0 Å². The molecule has 5 heteroatoms. The van der Waals surface area contributed by atoms with Crippen LogP contribution in [0, 0.1) is 0 Å². The fraction of sp³-hybridized carbons (Fsp3) is 0.154. The van der Waals surface area contributed by atoms with Crippen molar-refractivity contribution in [2.24, 2.45) is 0 Å². The van der Waals surface area contributed by atoms with E-state index in [0.717, 1.165) is 16.3 Å². The van der Waals surface area contributed by atoms with E-state index in [2.05, 4.69) is 4.98 Å². The van der Waals surface area contributed by atoms with Gasteiger partial charge in [0, 0.05) is 22.4 Å². The minimum Gasteiger partial charge on any atom is -0.481 e. The molecule has 0 radical (unpaired) electrons. The summed E-state index contributed by atoms with van der Waals surface area (Å²) in [7, 11) is 1.61. The monoisotopic (exact) mass is 280 g/mol. The Labute approximate surface area is 115 Å². The number of methoxy groups -OCH3 is 1. The van der Waals surface area contributed by atoms with Crippen LogP contribution in [-0.4, -0.2) is 12.1 Å². The molecule has 0 aliphatic heterocycles. The lowest BCUT2D eigenvalue weighted by Crippen LogP contribution is -1.92. The molecule has 1 aromatic heterocycles. The third-order valence-corrected chi connectivity index (χ3v) is 3.85. The van der Waals surface area contributed by atoms with Gasteiger partial charge in [0.15, 0.2) is 0 Å². The van der Waals surface area contributed by atoms with E-state index in [-0.39, 0.29) is 0 Å². The van der Waals surface area contributed by atoms with Gasteiger partial charge in [-0.15, -0.1) is 11.8 Å². The fourth-order valence-corrected chi connectivity index (χ4v) is 2.60. The predicted octanol–water partition coefficient (Wildman–Crippen LogP) is 3.62. The van der Waals surface area contributed by atoms with Gasteiger partial charge in [-0.05, 0) is 24.3 Å². The first-order valence-electron chi connectivity index (χ1n) is 5.37. The summed E-state index contributed by atoms with van der Waals surface area (Å²) < 4.78 is 5.08. The Morgan fingerprint density at radius 3 is 2.94 bits per heavy atom. The number of aromatic nitrogens is 1. The Kier molecular flexibility index (Phi) is 4.33. The minimum atomic E-state index is 0.617. The number of hydrogen-bond donors (Lipinski definition) is 1. The third kappa shape index (κ3) is 3.31. The van der Waals surface area contributed by atoms with Gasteiger partial charge in [-0.1, -0.05) is 17.7 Å². The minimum absolute atomic E-state index is 0.617. The molecule has 0 aliphatic rings. The van der Waals surface area contributed by atoms with Crippen molar-refractivity contribution in [3.8, 4) is 5.88 Å². The smallest absolute Gasteiger partial charge is 0.213 e. The molecule has 2 rings (SSSR count). The van der Waals surface area contributed by atoms with E-state index in [9.17, 15) is 0 Å². The lowest BCUT2D eigenvalue weighted by molar-refractivity contribution is 0.397. The molecule has 2 aromatic rings. The first kappa shape index (κ1) is 13.1. The first-order valence-corrected chi connectivity index (χ1v) is 6.73. The van der Waals surface area contributed by atoms with E-state index >= 15 is 0 Å². The number of halogens is 1. The number of nitrogens with zero attached hydrogens (tertiary/aromatic N) is 1. The zero-order valence-electron chi connectivity index (χ0n) is 9.89. The highest BCUT2D eigenvalue weighted by Crippen LogP contribution is 2.31. The molecule has 0 amide bonds. The maximum absolute atomic E-state index is 6.10. The topological polar surface area (TPSA) is 48.1 Å². The molecule has 0 atom stereocenters. The number of nitrogen functional groups attached to an aromatic ring is 1. The molecule has 1 heterocycles. The number of hydrogen-bond acceptors (Lipinski definition) is 4. The van der Waals surface area contributed by atoms with Crippen molar-refractivity contribution in [1.82, 2.24) is 4.98 Å². The molecule has 0 aliphatic carbocycles. The van der Waals surface area contributed by atoms with Crippen LogP contribution in [0.1, 0.15) is 5.69 Å². The normalized spacial score (nSPS) is 10.3. The average molecular weight is 281 g/mol. The zero-order valence-corrected chi connectivity index (χ0v) is 11.5. The van der Waals surface area contributed by atoms with Crippen LogP contribution in [-0.2, 0) is 5.75 Å². The maximum atomic E-state index is 6.10. The SMILES string of the molecule is COc1cccc(CSc2cc(N)ccc2Cl)n1. The van der Waals surface area contributed by atoms with Gasteiger partial charge >= 0.3 is 0 Å². The number of anilines is 1. The van der Waals surface area contributed by atoms with Crippen LogP contribution in [0.4, 0.5) is 5.69 Å². The summed E-state index contributed by atoms with van der Waals surface area (Å²) >= 11 is 7.70. The van der Waals surface area contributed by atoms with Crippen LogP contribution in [0.3, 0.4) is 0 Å². The van der Waals surface area contributed by atoms with Gasteiger partial charge in [-0.3, -0.25) is 0 Å². The van der Waals surface area contributed by atoms with Crippen LogP contribution in [0.25, 0.3) is 0 Å². The van der Waals surface area contributed by atoms with Crippen molar-refractivity contribution in [1.29, 1.82) is 0 Å². The average Bonchev–Trinajstić information content (AvgIpc) is 2.40. The highest BCUT2D eigenvalue weighted by atomic mass is 35.5. The van der Waals surface area contributed by atoms with Crippen LogP contribution in [0.2, 0.25) is 5.02 Å². The summed E-state index contributed by atoms with van der Waals surface area (Å²) in [6, 6.07) is 11.2. The molecule has 0 saturated heterocycles. The van der Waals surface area contributed by atoms with E-state index in [0.29, 0.717) is 16.6 Å². The predicted molar refractivity (Wildman–Crippen MR) is 76.2 cm³/mol. The third-order valence-electron chi connectivity index (χ3n) is 2.32. The molecule has 2 N–H and O–H groups in total. The molecule has 0 unspecified atom stereocenters. The molecule has 0 bridgehead atoms. The number of nitrogens with two attached hydrogens (primary N) is 1. The number of pyridine rings is 1. The van der Waals surface area contributed by atoms with E-state index < -0.39 is 0 Å². The molecule has 18 heavy (non-hydrogen) atoms. The molecule has 0 spiro atoms. The molecule has 1 aromatic carbocycles. The standard InChI is InChI=1S/C13H13ClN2OS/c1-17-13-4-2-3-10(16-13)8-18-12-7-9(15)5-6-11(12)14/h2-7H,8,15H2,1H3. The van der Waals surface area contributed by atoms with Gasteiger partial charge < -0.3 is 10.5 Å². The second-order valence-electron chi connectivity index (χ2n) is 3.65. The van der Waals surface area contributed by atoms with Gasteiger partial charge in [-0.25, -0.2) is 4.98 Å². The van der Waals surface area contributed by atoms with Gasteiger partial charge in [0.2, 0.25) is 5.88 Å². The van der Waals surface area contributed by atoms with Crippen molar-refractivity contribution < 1.29 is 4.74 Å². The van der Waals surface area contributed by atoms with Crippen molar-refractivity contribution in [3.63, 3.8) is 0 Å². The van der Waals surface area contributed by atoms with Gasteiger partial charge in [0.1, 0.15) is 0 Å². The second-order valence-corrected chi connectivity index (χ2v) is 5.07. The highest BCUT2D eigenvalue weighted by molar-refractivity contribution is 7.98. The summed E-state index contributed by atoms with van der Waals surface area (Å²) in [6.07, 6.45) is 0. The van der Waals surface area contributed by atoms with Crippen LogP contribution in [0.5, 0.6) is 5.88 Å². The Bertz CT molecular complexity index is 548. The first-order chi connectivity index (χ1) is 8.69. The largest absolute Gasteiger partial charge is 0.481 e. The van der Waals surface area contributed by atoms with E-state index in [1.807, 2.05) is 24.3 Å². The Balaban J connectivity index is 2.08. The summed E-state index contributed by atoms with van der Waals surface area (Å²) in [5.41, 5.74) is 7.39. The summed E-state index contributed by atoms with van der Waals surface area (Å²) in [4.78, 5) is 5.30. The Morgan fingerprint density at radius 2 is 2.17 bits per heavy atom. The van der Waals surface area contributed by atoms with Crippen molar-refractivity contribution >= 4 is 29.1 Å². The zero-order chi connectivity index (χ0) is 13.0. The molecule has 0 fully saturated rings. The number of benzene rings is 1. The lowest BCUT2D eigenvalue weighted by atomic mass is 10.3. The van der Waals surface area contributed by atoms with E-state index in [4.69, 9.17) is 22.1 Å². The number of thioether (sulfide) groups is 1. The van der Waals surface area contributed by atoms with Crippen molar-refractivity contribution in [2.75, 3.05) is 12.8 Å². The molecule has 3 nitrogen and oxygen atoms in total. The number of rotatable bonds is 4. The molecular formula is C13H13ClN2OS.